The maximum atomic E-state index is 12.2. The Labute approximate surface area is 144 Å². The summed E-state index contributed by atoms with van der Waals surface area (Å²) in [6.07, 6.45) is 0.292. The Bertz CT molecular complexity index is 936. The van der Waals surface area contributed by atoms with Crippen molar-refractivity contribution in [1.29, 1.82) is 0 Å². The van der Waals surface area contributed by atoms with Gasteiger partial charge in [0.1, 0.15) is 0 Å². The summed E-state index contributed by atoms with van der Waals surface area (Å²) in [6.45, 7) is 0. The predicted octanol–water partition coefficient (Wildman–Crippen LogP) is 4.91. The molecule has 0 fully saturated rings. The van der Waals surface area contributed by atoms with Crippen molar-refractivity contribution in [3.63, 3.8) is 0 Å². The third kappa shape index (κ3) is 2.39. The number of carbonyl (C=O) groups excluding carboxylic acids is 1. The molecule has 2 nitrogen and oxygen atoms in total. The molecule has 0 spiro atoms. The Balaban J connectivity index is 2.00. The summed E-state index contributed by atoms with van der Waals surface area (Å²) in [7, 11) is 0. The van der Waals surface area contributed by atoms with E-state index in [2.05, 4.69) is 11.4 Å². The lowest BCUT2D eigenvalue weighted by Gasteiger charge is -2.29. The Morgan fingerprint density at radius 2 is 1.70 bits per heavy atom. The second-order valence-electron chi connectivity index (χ2n) is 5.68. The van der Waals surface area contributed by atoms with Crippen molar-refractivity contribution in [3.05, 3.63) is 81.3 Å². The van der Waals surface area contributed by atoms with Crippen LogP contribution in [0.1, 0.15) is 22.7 Å². The maximum Gasteiger partial charge on any atom is 0.225 e. The molecule has 1 N–H and O–H groups in total. The Hall–Kier alpha value is -2.03. The van der Waals surface area contributed by atoms with Crippen LogP contribution in [0.3, 0.4) is 0 Å². The van der Waals surface area contributed by atoms with E-state index < -0.39 is 0 Å². The van der Waals surface area contributed by atoms with E-state index in [0.717, 1.165) is 27.5 Å². The first-order valence-electron chi connectivity index (χ1n) is 7.39. The van der Waals surface area contributed by atoms with Gasteiger partial charge in [-0.2, -0.15) is 0 Å². The Morgan fingerprint density at radius 3 is 2.52 bits per heavy atom. The zero-order valence-corrected chi connectivity index (χ0v) is 13.7. The molecule has 114 valence electrons. The molecule has 3 aromatic rings. The number of hydrogen-bond donors (Lipinski definition) is 1. The molecule has 0 bridgehead atoms. The van der Waals surface area contributed by atoms with Gasteiger partial charge >= 0.3 is 0 Å². The average Bonchev–Trinajstić information content (AvgIpc) is 2.56. The molecule has 1 heterocycles. The molecule has 0 saturated carbocycles. The zero-order valence-electron chi connectivity index (χ0n) is 12.1. The molecule has 4 heteroatoms. The fourth-order valence-electron chi connectivity index (χ4n) is 3.21. The molecule has 23 heavy (non-hydrogen) atoms. The number of amides is 1. The van der Waals surface area contributed by atoms with E-state index in [4.69, 9.17) is 23.2 Å². The van der Waals surface area contributed by atoms with Crippen LogP contribution >= 0.6 is 23.2 Å². The van der Waals surface area contributed by atoms with Crippen molar-refractivity contribution in [3.8, 4) is 0 Å². The monoisotopic (exact) mass is 341 g/mol. The molecule has 0 saturated heterocycles. The van der Waals surface area contributed by atoms with Crippen LogP contribution in [0, 0.1) is 0 Å². The highest BCUT2D eigenvalue weighted by Gasteiger charge is 2.29. The molecular weight excluding hydrogens is 329 g/mol. The average molecular weight is 342 g/mol. The van der Waals surface area contributed by atoms with Crippen LogP contribution in [-0.4, -0.2) is 5.91 Å². The quantitative estimate of drug-likeness (QED) is 0.669. The van der Waals surface area contributed by atoms with Crippen molar-refractivity contribution in [2.75, 3.05) is 0 Å². The summed E-state index contributed by atoms with van der Waals surface area (Å²) in [5.41, 5.74) is 2.79. The summed E-state index contributed by atoms with van der Waals surface area (Å²) in [5.74, 6) is -0.0420. The largest absolute Gasteiger partial charge is 0.345 e. The first-order valence-corrected chi connectivity index (χ1v) is 8.14. The lowest BCUT2D eigenvalue weighted by molar-refractivity contribution is -0.121. The number of halogens is 2. The minimum atomic E-state index is -0.276. The molecule has 0 aromatic heterocycles. The van der Waals surface area contributed by atoms with E-state index >= 15 is 0 Å². The summed E-state index contributed by atoms with van der Waals surface area (Å²) in [5, 5.41) is 6.36. The second-order valence-corrected chi connectivity index (χ2v) is 6.46. The number of nitrogens with one attached hydrogen (secondary N) is 1. The van der Waals surface area contributed by atoms with Crippen LogP contribution < -0.4 is 5.32 Å². The van der Waals surface area contributed by atoms with E-state index in [1.165, 1.54) is 0 Å². The SMILES string of the molecule is O=C1Cc2c(cc3ccccc3c2Cl)C(c2ccccc2Cl)N1. The van der Waals surface area contributed by atoms with Gasteiger partial charge in [-0.05, 0) is 34.2 Å². The van der Waals surface area contributed by atoms with Crippen LogP contribution in [0.4, 0.5) is 0 Å². The number of benzene rings is 3. The fourth-order valence-corrected chi connectivity index (χ4v) is 3.80. The van der Waals surface area contributed by atoms with Crippen LogP contribution in [0.2, 0.25) is 10.0 Å². The smallest absolute Gasteiger partial charge is 0.225 e. The van der Waals surface area contributed by atoms with Gasteiger partial charge in [0.25, 0.3) is 0 Å². The number of rotatable bonds is 1. The maximum absolute atomic E-state index is 12.2. The van der Waals surface area contributed by atoms with Gasteiger partial charge in [-0.25, -0.2) is 0 Å². The normalized spacial score (nSPS) is 17.0. The molecule has 3 aromatic carbocycles. The molecule has 1 aliphatic rings. The minimum absolute atomic E-state index is 0.0420. The van der Waals surface area contributed by atoms with E-state index in [0.29, 0.717) is 16.5 Å². The van der Waals surface area contributed by atoms with E-state index in [-0.39, 0.29) is 11.9 Å². The number of hydrogen-bond acceptors (Lipinski definition) is 1. The number of fused-ring (bicyclic) bond motifs is 2. The van der Waals surface area contributed by atoms with E-state index in [1.54, 1.807) is 0 Å². The van der Waals surface area contributed by atoms with Gasteiger partial charge in [0.15, 0.2) is 0 Å². The van der Waals surface area contributed by atoms with Gasteiger partial charge < -0.3 is 5.32 Å². The van der Waals surface area contributed by atoms with E-state index in [1.807, 2.05) is 48.5 Å². The van der Waals surface area contributed by atoms with Crippen LogP contribution in [0.25, 0.3) is 10.8 Å². The molecule has 1 unspecified atom stereocenters. The lowest BCUT2D eigenvalue weighted by atomic mass is 9.87. The molecular formula is C19H13Cl2NO. The van der Waals surface area contributed by atoms with Gasteiger partial charge in [0, 0.05) is 10.4 Å². The summed E-state index contributed by atoms with van der Waals surface area (Å²) in [6, 6.07) is 17.3. The van der Waals surface area contributed by atoms with Gasteiger partial charge in [-0.1, -0.05) is 65.7 Å². The highest BCUT2D eigenvalue weighted by molar-refractivity contribution is 6.36. The number of carbonyl (C=O) groups is 1. The van der Waals surface area contributed by atoms with Crippen molar-refractivity contribution in [2.24, 2.45) is 0 Å². The van der Waals surface area contributed by atoms with Gasteiger partial charge in [-0.15, -0.1) is 0 Å². The van der Waals surface area contributed by atoms with E-state index in [9.17, 15) is 4.79 Å². The molecule has 0 aliphatic carbocycles. The summed E-state index contributed by atoms with van der Waals surface area (Å²) < 4.78 is 0. The van der Waals surface area contributed by atoms with Crippen molar-refractivity contribution < 1.29 is 4.79 Å². The first-order chi connectivity index (χ1) is 11.1. The minimum Gasteiger partial charge on any atom is -0.345 e. The van der Waals surface area contributed by atoms with Gasteiger partial charge in [0.2, 0.25) is 5.91 Å². The second kappa shape index (κ2) is 5.55. The molecule has 4 rings (SSSR count). The lowest BCUT2D eigenvalue weighted by Crippen LogP contribution is -2.36. The standard InChI is InChI=1S/C19H13Cl2NO/c20-16-8-4-3-7-13(16)19-15-9-11-5-1-2-6-12(11)18(21)14(15)10-17(23)22-19/h1-9,19H,10H2,(H,22,23). The summed E-state index contributed by atoms with van der Waals surface area (Å²) in [4.78, 5) is 12.2. The first kappa shape index (κ1) is 14.6. The van der Waals surface area contributed by atoms with Gasteiger partial charge in [0.05, 0.1) is 17.5 Å². The molecule has 1 atom stereocenters. The predicted molar refractivity (Wildman–Crippen MR) is 94.1 cm³/mol. The molecule has 1 amide bonds. The molecule has 1 aliphatic heterocycles. The van der Waals surface area contributed by atoms with Crippen molar-refractivity contribution in [2.45, 2.75) is 12.5 Å². The van der Waals surface area contributed by atoms with Crippen molar-refractivity contribution >= 4 is 39.9 Å². The highest BCUT2D eigenvalue weighted by Crippen LogP contribution is 2.39. The van der Waals surface area contributed by atoms with Crippen LogP contribution in [0.15, 0.2) is 54.6 Å². The fraction of sp³-hybridized carbons (Fsp3) is 0.105. The van der Waals surface area contributed by atoms with Crippen LogP contribution in [0.5, 0.6) is 0 Å². The van der Waals surface area contributed by atoms with Gasteiger partial charge in [-0.3, -0.25) is 4.79 Å². The Morgan fingerprint density at radius 1 is 0.957 bits per heavy atom. The topological polar surface area (TPSA) is 29.1 Å². The summed E-state index contributed by atoms with van der Waals surface area (Å²) >= 11 is 12.9. The molecule has 0 radical (unpaired) electrons. The Kier molecular flexibility index (Phi) is 3.51. The zero-order chi connectivity index (χ0) is 16.0. The third-order valence-corrected chi connectivity index (χ3v) is 5.07. The van der Waals surface area contributed by atoms with Crippen molar-refractivity contribution in [1.82, 2.24) is 5.32 Å². The van der Waals surface area contributed by atoms with Crippen LogP contribution in [-0.2, 0) is 11.2 Å². The highest BCUT2D eigenvalue weighted by atomic mass is 35.5. The third-order valence-electron chi connectivity index (χ3n) is 4.29.